The second-order valence-electron chi connectivity index (χ2n) is 6.77. The van der Waals surface area contributed by atoms with Crippen LogP contribution in [0, 0.1) is 6.92 Å². The number of aryl methyl sites for hydroxylation is 1. The highest BCUT2D eigenvalue weighted by atomic mass is 16.7. The lowest BCUT2D eigenvalue weighted by molar-refractivity contribution is -0.144. The minimum absolute atomic E-state index is 0.0283. The minimum Gasteiger partial charge on any atom is -0.490 e. The lowest BCUT2D eigenvalue weighted by Crippen LogP contribution is -2.10. The van der Waals surface area contributed by atoms with Crippen molar-refractivity contribution in [2.24, 2.45) is 5.16 Å². The van der Waals surface area contributed by atoms with Crippen molar-refractivity contribution in [2.45, 2.75) is 27.2 Å². The molecule has 0 spiro atoms. The molecule has 8 nitrogen and oxygen atoms in total. The molecule has 31 heavy (non-hydrogen) atoms. The Morgan fingerprint density at radius 2 is 1.94 bits per heavy atom. The standard InChI is InChI=1S/C23H21N3O5/c1-4-19(27)30-26-23-17(13-16-7-6-8-18(28-5-2)20(16)29-23)22-24-21(25-31-22)15-11-9-14(3)10-12-15/h6-13H,4-5H2,1-3H3. The van der Waals surface area contributed by atoms with E-state index in [4.69, 9.17) is 18.5 Å². The Morgan fingerprint density at radius 1 is 1.13 bits per heavy atom. The molecule has 158 valence electrons. The van der Waals surface area contributed by atoms with Gasteiger partial charge in [0.1, 0.15) is 5.56 Å². The highest BCUT2D eigenvalue weighted by molar-refractivity contribution is 5.85. The largest absolute Gasteiger partial charge is 0.490 e. The maximum atomic E-state index is 11.6. The van der Waals surface area contributed by atoms with Crippen molar-refractivity contribution < 1.29 is 23.3 Å². The molecular formula is C23H21N3O5. The third-order valence-electron chi connectivity index (χ3n) is 4.52. The summed E-state index contributed by atoms with van der Waals surface area (Å²) in [6.45, 7) is 6.03. The molecule has 0 saturated heterocycles. The molecule has 0 aliphatic heterocycles. The third-order valence-corrected chi connectivity index (χ3v) is 4.52. The lowest BCUT2D eigenvalue weighted by atomic mass is 10.1. The molecule has 4 rings (SSSR count). The molecule has 0 N–H and O–H groups in total. The van der Waals surface area contributed by atoms with Crippen LogP contribution in [0.2, 0.25) is 0 Å². The predicted octanol–water partition coefficient (Wildman–Crippen LogP) is 4.63. The number of para-hydroxylation sites is 1. The van der Waals surface area contributed by atoms with Crippen LogP contribution in [0.15, 0.2) is 62.6 Å². The predicted molar refractivity (Wildman–Crippen MR) is 113 cm³/mol. The number of benzene rings is 2. The molecule has 2 heterocycles. The Balaban J connectivity index is 1.86. The van der Waals surface area contributed by atoms with Gasteiger partial charge in [0.25, 0.3) is 11.4 Å². The number of carbonyl (C=O) groups excluding carboxylic acids is 1. The summed E-state index contributed by atoms with van der Waals surface area (Å²) < 4.78 is 17.1. The van der Waals surface area contributed by atoms with E-state index in [-0.39, 0.29) is 17.9 Å². The van der Waals surface area contributed by atoms with Gasteiger partial charge >= 0.3 is 5.97 Å². The van der Waals surface area contributed by atoms with Gasteiger partial charge < -0.3 is 18.5 Å². The molecule has 8 heteroatoms. The Bertz CT molecular complexity index is 1290. The van der Waals surface area contributed by atoms with Crippen LogP contribution in [0.3, 0.4) is 0 Å². The summed E-state index contributed by atoms with van der Waals surface area (Å²) in [4.78, 5) is 21.1. The van der Waals surface area contributed by atoms with Gasteiger partial charge in [-0.2, -0.15) is 4.98 Å². The van der Waals surface area contributed by atoms with Crippen LogP contribution in [0.25, 0.3) is 33.8 Å². The molecule has 0 bridgehead atoms. The molecule has 2 aromatic heterocycles. The van der Waals surface area contributed by atoms with Crippen LogP contribution in [0.5, 0.6) is 5.75 Å². The summed E-state index contributed by atoms with van der Waals surface area (Å²) in [7, 11) is 0. The SMILES string of the molecule is CCOc1cccc2cc(-c3nc(-c4ccc(C)cc4)no3)c(=NOC(=O)CC)oc12. The number of carbonyl (C=O) groups is 1. The second kappa shape index (κ2) is 8.83. The van der Waals surface area contributed by atoms with Crippen molar-refractivity contribution in [1.29, 1.82) is 0 Å². The van der Waals surface area contributed by atoms with Crippen molar-refractivity contribution >= 4 is 16.9 Å². The number of hydrogen-bond acceptors (Lipinski definition) is 8. The number of aromatic nitrogens is 2. The molecule has 0 fully saturated rings. The van der Waals surface area contributed by atoms with E-state index in [1.54, 1.807) is 19.1 Å². The van der Waals surface area contributed by atoms with E-state index < -0.39 is 5.97 Å². The van der Waals surface area contributed by atoms with Crippen molar-refractivity contribution in [3.63, 3.8) is 0 Å². The Morgan fingerprint density at radius 3 is 2.68 bits per heavy atom. The third kappa shape index (κ3) is 4.32. The normalized spacial score (nSPS) is 11.6. The van der Waals surface area contributed by atoms with Gasteiger partial charge in [0, 0.05) is 17.4 Å². The molecule has 0 aliphatic rings. The average molecular weight is 419 g/mol. The summed E-state index contributed by atoms with van der Waals surface area (Å²) in [6.07, 6.45) is 0.175. The van der Waals surface area contributed by atoms with Crippen molar-refractivity contribution in [1.82, 2.24) is 10.1 Å². The maximum Gasteiger partial charge on any atom is 0.334 e. The van der Waals surface area contributed by atoms with Crippen LogP contribution < -0.4 is 10.3 Å². The van der Waals surface area contributed by atoms with Crippen LogP contribution in [-0.4, -0.2) is 22.7 Å². The zero-order chi connectivity index (χ0) is 21.8. The summed E-state index contributed by atoms with van der Waals surface area (Å²) in [5, 5.41) is 8.72. The van der Waals surface area contributed by atoms with Gasteiger partial charge in [0.2, 0.25) is 5.82 Å². The minimum atomic E-state index is -0.495. The van der Waals surface area contributed by atoms with E-state index in [2.05, 4.69) is 15.3 Å². The number of hydrogen-bond donors (Lipinski definition) is 0. The Labute approximate surface area is 178 Å². The molecule has 4 aromatic rings. The first-order chi connectivity index (χ1) is 15.1. The Hall–Kier alpha value is -3.94. The summed E-state index contributed by atoms with van der Waals surface area (Å²) in [5.74, 6) is 0.671. The molecule has 0 saturated carbocycles. The van der Waals surface area contributed by atoms with Crippen molar-refractivity contribution in [3.8, 4) is 28.6 Å². The van der Waals surface area contributed by atoms with E-state index in [9.17, 15) is 4.79 Å². The first-order valence-electron chi connectivity index (χ1n) is 9.93. The van der Waals surface area contributed by atoms with Gasteiger partial charge in [-0.3, -0.25) is 0 Å². The first kappa shape index (κ1) is 20.3. The smallest absolute Gasteiger partial charge is 0.334 e. The van der Waals surface area contributed by atoms with E-state index in [0.29, 0.717) is 29.3 Å². The molecule has 0 unspecified atom stereocenters. The average Bonchev–Trinajstić information content (AvgIpc) is 3.28. The molecule has 0 amide bonds. The number of ether oxygens (including phenoxy) is 1. The fourth-order valence-corrected chi connectivity index (χ4v) is 2.92. The van der Waals surface area contributed by atoms with E-state index >= 15 is 0 Å². The van der Waals surface area contributed by atoms with Gasteiger partial charge in [0.05, 0.1) is 6.61 Å². The zero-order valence-electron chi connectivity index (χ0n) is 17.4. The lowest BCUT2D eigenvalue weighted by Gasteiger charge is -2.07. The van der Waals surface area contributed by atoms with E-state index in [0.717, 1.165) is 16.5 Å². The van der Waals surface area contributed by atoms with Crippen molar-refractivity contribution in [2.75, 3.05) is 6.61 Å². The van der Waals surface area contributed by atoms with Gasteiger partial charge in [-0.05, 0) is 31.1 Å². The topological polar surface area (TPSA) is 100.0 Å². The highest BCUT2D eigenvalue weighted by Crippen LogP contribution is 2.28. The van der Waals surface area contributed by atoms with Gasteiger partial charge in [-0.1, -0.05) is 54.0 Å². The zero-order valence-corrected chi connectivity index (χ0v) is 17.4. The fraction of sp³-hybridized carbons (Fsp3) is 0.217. The second-order valence-corrected chi connectivity index (χ2v) is 6.77. The van der Waals surface area contributed by atoms with Crippen LogP contribution in [0.1, 0.15) is 25.8 Å². The summed E-state index contributed by atoms with van der Waals surface area (Å²) >= 11 is 0. The quantitative estimate of drug-likeness (QED) is 0.332. The van der Waals surface area contributed by atoms with Gasteiger partial charge in [-0.25, -0.2) is 4.79 Å². The maximum absolute atomic E-state index is 11.6. The number of fused-ring (bicyclic) bond motifs is 1. The number of nitrogens with zero attached hydrogens (tertiary/aromatic N) is 3. The van der Waals surface area contributed by atoms with Crippen LogP contribution in [0.4, 0.5) is 0 Å². The van der Waals surface area contributed by atoms with E-state index in [1.807, 2.05) is 50.2 Å². The highest BCUT2D eigenvalue weighted by Gasteiger charge is 2.17. The molecule has 0 atom stereocenters. The Kier molecular flexibility index (Phi) is 5.79. The monoisotopic (exact) mass is 419 g/mol. The van der Waals surface area contributed by atoms with Gasteiger partial charge in [-0.15, -0.1) is 0 Å². The molecule has 0 radical (unpaired) electrons. The number of rotatable bonds is 6. The fourth-order valence-electron chi connectivity index (χ4n) is 2.92. The van der Waals surface area contributed by atoms with Crippen molar-refractivity contribution in [3.05, 3.63) is 59.6 Å². The first-order valence-corrected chi connectivity index (χ1v) is 9.93. The van der Waals surface area contributed by atoms with Crippen LogP contribution >= 0.6 is 0 Å². The molecule has 0 aliphatic carbocycles. The van der Waals surface area contributed by atoms with Gasteiger partial charge in [0.15, 0.2) is 11.3 Å². The molecular weight excluding hydrogens is 398 g/mol. The summed E-state index contributed by atoms with van der Waals surface area (Å²) in [5.41, 5.74) is 2.84. The van der Waals surface area contributed by atoms with Crippen LogP contribution in [-0.2, 0) is 9.63 Å². The summed E-state index contributed by atoms with van der Waals surface area (Å²) in [6, 6.07) is 15.1. The molecule has 2 aromatic carbocycles. The van der Waals surface area contributed by atoms with E-state index in [1.165, 1.54) is 0 Å².